The van der Waals surface area contributed by atoms with E-state index >= 15 is 0 Å². The molecule has 1 rings (SSSR count). The van der Waals surface area contributed by atoms with Crippen LogP contribution in [0.1, 0.15) is 19.4 Å². The van der Waals surface area contributed by atoms with Crippen LogP contribution in [0.5, 0.6) is 0 Å². The van der Waals surface area contributed by atoms with Gasteiger partial charge in [0, 0.05) is 18.9 Å². The van der Waals surface area contributed by atoms with Gasteiger partial charge in [0.15, 0.2) is 0 Å². The van der Waals surface area contributed by atoms with E-state index in [1.165, 1.54) is 0 Å². The summed E-state index contributed by atoms with van der Waals surface area (Å²) in [7, 11) is 0. The van der Waals surface area contributed by atoms with Crippen molar-refractivity contribution in [3.63, 3.8) is 0 Å². The summed E-state index contributed by atoms with van der Waals surface area (Å²) in [6.07, 6.45) is -0.0594. The molecule has 0 bridgehead atoms. The molecule has 2 nitrogen and oxygen atoms in total. The number of Topliss-reactive ketones (excluding diaryl/α,β-unsaturated/α-hetero) is 1. The Kier molecular flexibility index (Phi) is 5.22. The largest absolute Gasteiger partial charge is 0.316 e. The number of hydrogen-bond acceptors (Lipinski definition) is 2. The van der Waals surface area contributed by atoms with Gasteiger partial charge in [0.1, 0.15) is 17.4 Å². The van der Waals surface area contributed by atoms with Gasteiger partial charge >= 0.3 is 0 Å². The van der Waals surface area contributed by atoms with Gasteiger partial charge in [-0.1, -0.05) is 13.8 Å². The zero-order valence-corrected chi connectivity index (χ0v) is 10.1. The van der Waals surface area contributed by atoms with Crippen LogP contribution in [0.2, 0.25) is 0 Å². The third-order valence-electron chi connectivity index (χ3n) is 2.62. The summed E-state index contributed by atoms with van der Waals surface area (Å²) in [5.74, 6) is -1.34. The number of rotatable bonds is 6. The monoisotopic (exact) mass is 241 g/mol. The molecule has 1 atom stereocenters. The summed E-state index contributed by atoms with van der Waals surface area (Å²) < 4.78 is 26.2. The van der Waals surface area contributed by atoms with Crippen molar-refractivity contribution in [2.24, 2.45) is 5.92 Å². The summed E-state index contributed by atoms with van der Waals surface area (Å²) >= 11 is 0. The lowest BCUT2D eigenvalue weighted by Gasteiger charge is -2.11. The first-order valence-corrected chi connectivity index (χ1v) is 5.72. The van der Waals surface area contributed by atoms with Gasteiger partial charge in [0.2, 0.25) is 0 Å². The SMILES string of the molecule is CCNCC(C)C(=O)Cc1cc(F)ccc1F. The fourth-order valence-electron chi connectivity index (χ4n) is 1.52. The maximum absolute atomic E-state index is 13.3. The number of halogens is 2. The minimum absolute atomic E-state index is 0.0594. The molecular weight excluding hydrogens is 224 g/mol. The molecule has 1 aromatic carbocycles. The Balaban J connectivity index is 2.64. The van der Waals surface area contributed by atoms with Gasteiger partial charge in [0.25, 0.3) is 0 Å². The normalized spacial score (nSPS) is 12.5. The topological polar surface area (TPSA) is 29.1 Å². The Morgan fingerprint density at radius 3 is 2.76 bits per heavy atom. The molecule has 0 aliphatic carbocycles. The van der Waals surface area contributed by atoms with Crippen molar-refractivity contribution in [1.29, 1.82) is 0 Å². The standard InChI is InChI=1S/C13H17F2NO/c1-3-16-8-9(2)13(17)7-10-6-11(14)4-5-12(10)15/h4-6,9,16H,3,7-8H2,1-2H3. The Hall–Kier alpha value is -1.29. The molecule has 0 aliphatic rings. The number of benzene rings is 1. The summed E-state index contributed by atoms with van der Waals surface area (Å²) in [4.78, 5) is 11.8. The molecule has 17 heavy (non-hydrogen) atoms. The second-order valence-corrected chi connectivity index (χ2v) is 4.09. The van der Waals surface area contributed by atoms with Crippen LogP contribution < -0.4 is 5.32 Å². The van der Waals surface area contributed by atoms with E-state index in [1.807, 2.05) is 6.92 Å². The molecule has 0 spiro atoms. The first-order chi connectivity index (χ1) is 8.04. The van der Waals surface area contributed by atoms with Crippen molar-refractivity contribution in [3.8, 4) is 0 Å². The van der Waals surface area contributed by atoms with E-state index in [0.29, 0.717) is 6.54 Å². The van der Waals surface area contributed by atoms with E-state index in [0.717, 1.165) is 24.7 Å². The average molecular weight is 241 g/mol. The second-order valence-electron chi connectivity index (χ2n) is 4.09. The zero-order valence-electron chi connectivity index (χ0n) is 10.1. The number of nitrogens with one attached hydrogen (secondary N) is 1. The zero-order chi connectivity index (χ0) is 12.8. The van der Waals surface area contributed by atoms with Crippen LogP contribution in [0, 0.1) is 17.6 Å². The molecule has 1 unspecified atom stereocenters. The van der Waals surface area contributed by atoms with Crippen molar-refractivity contribution in [2.75, 3.05) is 13.1 Å². The van der Waals surface area contributed by atoms with Gasteiger partial charge in [0.05, 0.1) is 0 Å². The van der Waals surface area contributed by atoms with Crippen LogP contribution in [0.3, 0.4) is 0 Å². The molecule has 0 saturated carbocycles. The van der Waals surface area contributed by atoms with Crippen molar-refractivity contribution in [3.05, 3.63) is 35.4 Å². The van der Waals surface area contributed by atoms with Crippen molar-refractivity contribution < 1.29 is 13.6 Å². The lowest BCUT2D eigenvalue weighted by Crippen LogP contribution is -2.27. The van der Waals surface area contributed by atoms with Gasteiger partial charge in [-0.25, -0.2) is 8.78 Å². The summed E-state index contributed by atoms with van der Waals surface area (Å²) in [6.45, 7) is 5.07. The molecule has 0 saturated heterocycles. The highest BCUT2D eigenvalue weighted by atomic mass is 19.1. The van der Waals surface area contributed by atoms with E-state index in [4.69, 9.17) is 0 Å². The number of hydrogen-bond donors (Lipinski definition) is 1. The van der Waals surface area contributed by atoms with Crippen molar-refractivity contribution >= 4 is 5.78 Å². The Morgan fingerprint density at radius 1 is 1.41 bits per heavy atom. The van der Waals surface area contributed by atoms with Gasteiger partial charge in [-0.15, -0.1) is 0 Å². The maximum atomic E-state index is 13.3. The highest BCUT2D eigenvalue weighted by Crippen LogP contribution is 2.12. The van der Waals surface area contributed by atoms with E-state index in [1.54, 1.807) is 6.92 Å². The highest BCUT2D eigenvalue weighted by molar-refractivity contribution is 5.83. The van der Waals surface area contributed by atoms with Crippen LogP contribution in [0.4, 0.5) is 8.78 Å². The molecule has 0 amide bonds. The molecule has 94 valence electrons. The van der Waals surface area contributed by atoms with E-state index in [-0.39, 0.29) is 23.7 Å². The van der Waals surface area contributed by atoms with Crippen LogP contribution in [0.15, 0.2) is 18.2 Å². The molecule has 0 heterocycles. The van der Waals surface area contributed by atoms with Gasteiger partial charge in [-0.3, -0.25) is 4.79 Å². The molecule has 0 aliphatic heterocycles. The molecule has 0 radical (unpaired) electrons. The number of carbonyl (C=O) groups is 1. The smallest absolute Gasteiger partial charge is 0.141 e. The molecule has 1 aromatic rings. The quantitative estimate of drug-likeness (QED) is 0.828. The Morgan fingerprint density at radius 2 is 2.12 bits per heavy atom. The lowest BCUT2D eigenvalue weighted by atomic mass is 9.99. The van der Waals surface area contributed by atoms with Crippen LogP contribution in [0.25, 0.3) is 0 Å². The number of carbonyl (C=O) groups excluding carboxylic acids is 1. The fraction of sp³-hybridized carbons (Fsp3) is 0.462. The first kappa shape index (κ1) is 13.8. The molecule has 1 N–H and O–H groups in total. The lowest BCUT2D eigenvalue weighted by molar-refractivity contribution is -0.121. The summed E-state index contributed by atoms with van der Waals surface area (Å²) in [6, 6.07) is 3.17. The highest BCUT2D eigenvalue weighted by Gasteiger charge is 2.15. The van der Waals surface area contributed by atoms with Crippen LogP contribution in [-0.4, -0.2) is 18.9 Å². The third-order valence-corrected chi connectivity index (χ3v) is 2.62. The van der Waals surface area contributed by atoms with Gasteiger partial charge in [-0.05, 0) is 30.3 Å². The predicted octanol–water partition coefficient (Wildman–Crippen LogP) is 2.32. The van der Waals surface area contributed by atoms with E-state index in [2.05, 4.69) is 5.32 Å². The van der Waals surface area contributed by atoms with E-state index in [9.17, 15) is 13.6 Å². The minimum Gasteiger partial charge on any atom is -0.316 e. The number of ketones is 1. The molecule has 0 aromatic heterocycles. The molecule has 0 fully saturated rings. The molecular formula is C13H17F2NO. The summed E-state index contributed by atoms with van der Waals surface area (Å²) in [5.41, 5.74) is 0.123. The van der Waals surface area contributed by atoms with Gasteiger partial charge < -0.3 is 5.32 Å². The van der Waals surface area contributed by atoms with Crippen LogP contribution >= 0.6 is 0 Å². The maximum Gasteiger partial charge on any atom is 0.141 e. The van der Waals surface area contributed by atoms with Gasteiger partial charge in [-0.2, -0.15) is 0 Å². The van der Waals surface area contributed by atoms with Crippen LogP contribution in [-0.2, 0) is 11.2 Å². The fourth-order valence-corrected chi connectivity index (χ4v) is 1.52. The summed E-state index contributed by atoms with van der Waals surface area (Å²) in [5, 5.41) is 3.05. The average Bonchev–Trinajstić information content (AvgIpc) is 2.30. The minimum atomic E-state index is -0.532. The van der Waals surface area contributed by atoms with Crippen molar-refractivity contribution in [2.45, 2.75) is 20.3 Å². The Labute approximate surface area is 100 Å². The second kappa shape index (κ2) is 6.45. The molecule has 4 heteroatoms. The Bertz CT molecular complexity index is 393. The third kappa shape index (κ3) is 4.23. The van der Waals surface area contributed by atoms with Crippen molar-refractivity contribution in [1.82, 2.24) is 5.32 Å². The first-order valence-electron chi connectivity index (χ1n) is 5.72. The van der Waals surface area contributed by atoms with E-state index < -0.39 is 11.6 Å². The predicted molar refractivity (Wildman–Crippen MR) is 62.8 cm³/mol.